The fraction of sp³-hybridized carbons (Fsp3) is 0.400. The maximum absolute atomic E-state index is 13.1. The Morgan fingerprint density at radius 2 is 1.60 bits per heavy atom. The van der Waals surface area contributed by atoms with Crippen LogP contribution in [-0.2, 0) is 0 Å². The van der Waals surface area contributed by atoms with Gasteiger partial charge in [0.2, 0.25) is 0 Å². The Bertz CT molecular complexity index is 332. The van der Waals surface area contributed by atoms with Crippen molar-refractivity contribution in [3.8, 4) is 0 Å². The standard InChI is InChI=1S/C10H12F3NO/c1-5(6(2)15)14-10-8(12)3-7(11)4-9(10)13/h3-6,14-15H,1-2H3. The topological polar surface area (TPSA) is 32.3 Å². The van der Waals surface area contributed by atoms with Gasteiger partial charge in [0, 0.05) is 18.2 Å². The van der Waals surface area contributed by atoms with Crippen LogP contribution >= 0.6 is 0 Å². The third-order valence-electron chi connectivity index (χ3n) is 2.10. The summed E-state index contributed by atoms with van der Waals surface area (Å²) in [5.74, 6) is -3.00. The Hall–Kier alpha value is -1.23. The molecule has 0 aromatic heterocycles. The second-order valence-corrected chi connectivity index (χ2v) is 3.42. The molecule has 0 aliphatic heterocycles. The van der Waals surface area contributed by atoms with Gasteiger partial charge in [-0.05, 0) is 13.8 Å². The summed E-state index contributed by atoms with van der Waals surface area (Å²) in [7, 11) is 0. The molecule has 0 heterocycles. The molecule has 0 spiro atoms. The lowest BCUT2D eigenvalue weighted by molar-refractivity contribution is 0.177. The zero-order chi connectivity index (χ0) is 11.6. The Morgan fingerprint density at radius 1 is 1.13 bits per heavy atom. The zero-order valence-electron chi connectivity index (χ0n) is 8.39. The largest absolute Gasteiger partial charge is 0.391 e. The molecule has 0 aliphatic rings. The first-order chi connectivity index (χ1) is 6.91. The Kier molecular flexibility index (Phi) is 3.57. The molecule has 1 rings (SSSR count). The number of aliphatic hydroxyl groups is 1. The molecular weight excluding hydrogens is 207 g/mol. The summed E-state index contributed by atoms with van der Waals surface area (Å²) in [6.07, 6.45) is -0.770. The van der Waals surface area contributed by atoms with Crippen molar-refractivity contribution in [2.75, 3.05) is 5.32 Å². The minimum Gasteiger partial charge on any atom is -0.391 e. The van der Waals surface area contributed by atoms with Gasteiger partial charge in [-0.2, -0.15) is 0 Å². The fourth-order valence-electron chi connectivity index (χ4n) is 1.03. The minimum atomic E-state index is -1.01. The van der Waals surface area contributed by atoms with Crippen molar-refractivity contribution in [1.29, 1.82) is 0 Å². The number of anilines is 1. The van der Waals surface area contributed by atoms with Crippen LogP contribution < -0.4 is 5.32 Å². The van der Waals surface area contributed by atoms with E-state index < -0.39 is 35.3 Å². The van der Waals surface area contributed by atoms with E-state index in [1.54, 1.807) is 6.92 Å². The highest BCUT2D eigenvalue weighted by Gasteiger charge is 2.15. The summed E-state index contributed by atoms with van der Waals surface area (Å²) in [4.78, 5) is 0. The number of nitrogens with one attached hydrogen (secondary N) is 1. The summed E-state index contributed by atoms with van der Waals surface area (Å²) in [5.41, 5.74) is -0.426. The molecule has 0 aliphatic carbocycles. The van der Waals surface area contributed by atoms with Crippen molar-refractivity contribution in [3.63, 3.8) is 0 Å². The normalized spacial score (nSPS) is 14.8. The van der Waals surface area contributed by atoms with E-state index in [0.717, 1.165) is 0 Å². The Morgan fingerprint density at radius 3 is 2.00 bits per heavy atom. The average molecular weight is 219 g/mol. The molecule has 0 fully saturated rings. The number of rotatable bonds is 3. The van der Waals surface area contributed by atoms with Crippen LogP contribution in [0.15, 0.2) is 12.1 Å². The van der Waals surface area contributed by atoms with Gasteiger partial charge in [-0.25, -0.2) is 13.2 Å². The van der Waals surface area contributed by atoms with Gasteiger partial charge in [-0.1, -0.05) is 0 Å². The van der Waals surface area contributed by atoms with E-state index in [4.69, 9.17) is 5.11 Å². The third kappa shape index (κ3) is 2.86. The van der Waals surface area contributed by atoms with E-state index in [2.05, 4.69) is 5.32 Å². The van der Waals surface area contributed by atoms with Crippen molar-refractivity contribution < 1.29 is 18.3 Å². The molecule has 1 aromatic rings. The number of halogens is 3. The molecule has 0 bridgehead atoms. The lowest BCUT2D eigenvalue weighted by Crippen LogP contribution is -2.28. The maximum Gasteiger partial charge on any atom is 0.152 e. The molecule has 2 unspecified atom stereocenters. The summed E-state index contributed by atoms with van der Waals surface area (Å²) in [6.45, 7) is 3.05. The van der Waals surface area contributed by atoms with Crippen LogP contribution in [0, 0.1) is 17.5 Å². The fourth-order valence-corrected chi connectivity index (χ4v) is 1.03. The molecule has 0 amide bonds. The van der Waals surface area contributed by atoms with Gasteiger partial charge in [0.25, 0.3) is 0 Å². The smallest absolute Gasteiger partial charge is 0.152 e. The first kappa shape index (κ1) is 11.8. The molecule has 15 heavy (non-hydrogen) atoms. The van der Waals surface area contributed by atoms with Crippen LogP contribution in [0.1, 0.15) is 13.8 Å². The first-order valence-corrected chi connectivity index (χ1v) is 4.51. The van der Waals surface area contributed by atoms with Crippen molar-refractivity contribution in [1.82, 2.24) is 0 Å². The number of hydrogen-bond donors (Lipinski definition) is 2. The highest BCUT2D eigenvalue weighted by Crippen LogP contribution is 2.21. The molecule has 5 heteroatoms. The third-order valence-corrected chi connectivity index (χ3v) is 2.10. The van der Waals surface area contributed by atoms with Crippen LogP contribution in [-0.4, -0.2) is 17.3 Å². The molecule has 1 aromatic carbocycles. The van der Waals surface area contributed by atoms with Crippen molar-refractivity contribution in [2.24, 2.45) is 0 Å². The van der Waals surface area contributed by atoms with Gasteiger partial charge >= 0.3 is 0 Å². The maximum atomic E-state index is 13.1. The van der Waals surface area contributed by atoms with Gasteiger partial charge in [0.05, 0.1) is 6.10 Å². The van der Waals surface area contributed by atoms with Crippen LogP contribution in [0.3, 0.4) is 0 Å². The predicted octanol–water partition coefficient (Wildman–Crippen LogP) is 2.29. The SMILES string of the molecule is CC(O)C(C)Nc1c(F)cc(F)cc1F. The molecule has 84 valence electrons. The van der Waals surface area contributed by atoms with E-state index >= 15 is 0 Å². The molecule has 0 saturated heterocycles. The summed E-state index contributed by atoms with van der Waals surface area (Å²) in [5, 5.41) is 11.6. The number of hydrogen-bond acceptors (Lipinski definition) is 2. The van der Waals surface area contributed by atoms with E-state index in [0.29, 0.717) is 12.1 Å². The lowest BCUT2D eigenvalue weighted by Gasteiger charge is -2.18. The highest BCUT2D eigenvalue weighted by molar-refractivity contribution is 5.47. The van der Waals surface area contributed by atoms with Gasteiger partial charge in [-0.15, -0.1) is 0 Å². The summed E-state index contributed by atoms with van der Waals surface area (Å²) in [6, 6.07) is 0.639. The van der Waals surface area contributed by atoms with Crippen molar-refractivity contribution in [2.45, 2.75) is 26.0 Å². The minimum absolute atomic E-state index is 0.426. The quantitative estimate of drug-likeness (QED) is 0.817. The van der Waals surface area contributed by atoms with Gasteiger partial charge < -0.3 is 10.4 Å². The zero-order valence-corrected chi connectivity index (χ0v) is 8.39. The van der Waals surface area contributed by atoms with E-state index in [1.165, 1.54) is 6.92 Å². The van der Waals surface area contributed by atoms with Crippen LogP contribution in [0.2, 0.25) is 0 Å². The van der Waals surface area contributed by atoms with E-state index in [1.807, 2.05) is 0 Å². The molecular formula is C10H12F3NO. The highest BCUT2D eigenvalue weighted by atomic mass is 19.1. The molecule has 0 radical (unpaired) electrons. The molecule has 2 atom stereocenters. The second-order valence-electron chi connectivity index (χ2n) is 3.42. The molecule has 2 nitrogen and oxygen atoms in total. The number of aliphatic hydroxyl groups excluding tert-OH is 1. The first-order valence-electron chi connectivity index (χ1n) is 4.51. The Labute approximate surface area is 85.7 Å². The van der Waals surface area contributed by atoms with Gasteiger partial charge in [0.15, 0.2) is 11.6 Å². The monoisotopic (exact) mass is 219 g/mol. The van der Waals surface area contributed by atoms with Crippen molar-refractivity contribution >= 4 is 5.69 Å². The van der Waals surface area contributed by atoms with Crippen LogP contribution in [0.25, 0.3) is 0 Å². The van der Waals surface area contributed by atoms with E-state index in [9.17, 15) is 13.2 Å². The van der Waals surface area contributed by atoms with Crippen molar-refractivity contribution in [3.05, 3.63) is 29.6 Å². The number of benzene rings is 1. The summed E-state index contributed by atoms with van der Waals surface area (Å²) >= 11 is 0. The lowest BCUT2D eigenvalue weighted by atomic mass is 10.2. The van der Waals surface area contributed by atoms with Crippen LogP contribution in [0.4, 0.5) is 18.9 Å². The molecule has 2 N–H and O–H groups in total. The predicted molar refractivity (Wildman–Crippen MR) is 51.1 cm³/mol. The Balaban J connectivity index is 2.95. The average Bonchev–Trinajstić information content (AvgIpc) is 2.10. The van der Waals surface area contributed by atoms with E-state index in [-0.39, 0.29) is 0 Å². The van der Waals surface area contributed by atoms with Crippen LogP contribution in [0.5, 0.6) is 0 Å². The second kappa shape index (κ2) is 4.53. The van der Waals surface area contributed by atoms with Gasteiger partial charge in [-0.3, -0.25) is 0 Å². The summed E-state index contributed by atoms with van der Waals surface area (Å²) < 4.78 is 38.8. The molecule has 0 saturated carbocycles. The van der Waals surface area contributed by atoms with Gasteiger partial charge in [0.1, 0.15) is 11.5 Å².